The Labute approximate surface area is 110 Å². The number of rotatable bonds is 9. The average molecular weight is 252 g/mol. The molecular formula is C15H25FN2. The zero-order valence-corrected chi connectivity index (χ0v) is 11.6. The van der Waals surface area contributed by atoms with Crippen LogP contribution in [0, 0.1) is 5.82 Å². The topological polar surface area (TPSA) is 15.3 Å². The summed E-state index contributed by atoms with van der Waals surface area (Å²) in [6, 6.07) is 7.01. The van der Waals surface area contributed by atoms with Gasteiger partial charge in [-0.3, -0.25) is 0 Å². The van der Waals surface area contributed by atoms with E-state index in [1.54, 1.807) is 6.07 Å². The molecule has 102 valence electrons. The lowest BCUT2D eigenvalue weighted by Gasteiger charge is -2.17. The minimum absolute atomic E-state index is 0.103. The van der Waals surface area contributed by atoms with Crippen LogP contribution in [-0.4, -0.2) is 31.6 Å². The van der Waals surface area contributed by atoms with Gasteiger partial charge in [-0.1, -0.05) is 25.1 Å². The molecular weight excluding hydrogens is 227 g/mol. The van der Waals surface area contributed by atoms with Gasteiger partial charge in [0.1, 0.15) is 5.82 Å². The molecule has 0 aliphatic heterocycles. The third kappa shape index (κ3) is 6.12. The first-order valence-corrected chi connectivity index (χ1v) is 6.86. The fourth-order valence-corrected chi connectivity index (χ4v) is 1.93. The molecule has 1 aromatic carbocycles. The first kappa shape index (κ1) is 15.1. The molecule has 1 rings (SSSR count). The van der Waals surface area contributed by atoms with Gasteiger partial charge < -0.3 is 10.2 Å². The summed E-state index contributed by atoms with van der Waals surface area (Å²) in [5.74, 6) is -0.103. The van der Waals surface area contributed by atoms with Crippen molar-refractivity contribution in [3.05, 3.63) is 35.6 Å². The summed E-state index contributed by atoms with van der Waals surface area (Å²) in [7, 11) is 2.05. The van der Waals surface area contributed by atoms with Crippen LogP contribution in [0.2, 0.25) is 0 Å². The lowest BCUT2D eigenvalue weighted by Crippen LogP contribution is -2.22. The molecule has 0 fully saturated rings. The Morgan fingerprint density at radius 3 is 2.67 bits per heavy atom. The predicted octanol–water partition coefficient (Wildman–Crippen LogP) is 3.04. The molecule has 0 bridgehead atoms. The second kappa shape index (κ2) is 9.06. The van der Waals surface area contributed by atoms with Crippen molar-refractivity contribution in [2.45, 2.75) is 32.7 Å². The van der Waals surface area contributed by atoms with Crippen LogP contribution in [0.4, 0.5) is 4.39 Å². The van der Waals surface area contributed by atoms with Gasteiger partial charge in [0.05, 0.1) is 0 Å². The van der Waals surface area contributed by atoms with Crippen molar-refractivity contribution in [1.82, 2.24) is 10.2 Å². The van der Waals surface area contributed by atoms with Crippen molar-refractivity contribution in [1.29, 1.82) is 0 Å². The van der Waals surface area contributed by atoms with Crippen LogP contribution in [0.25, 0.3) is 0 Å². The highest BCUT2D eigenvalue weighted by Gasteiger charge is 2.04. The fraction of sp³-hybridized carbons (Fsp3) is 0.600. The maximum Gasteiger partial charge on any atom is 0.127 e. The Morgan fingerprint density at radius 1 is 1.17 bits per heavy atom. The van der Waals surface area contributed by atoms with Crippen LogP contribution in [0.3, 0.4) is 0 Å². The van der Waals surface area contributed by atoms with Crippen molar-refractivity contribution in [3.63, 3.8) is 0 Å². The summed E-state index contributed by atoms with van der Waals surface area (Å²) in [6.45, 7) is 6.07. The lowest BCUT2D eigenvalue weighted by atomic mass is 10.2. The second-order valence-corrected chi connectivity index (χ2v) is 4.79. The van der Waals surface area contributed by atoms with Gasteiger partial charge in [-0.15, -0.1) is 0 Å². The minimum atomic E-state index is -0.103. The summed E-state index contributed by atoms with van der Waals surface area (Å²) >= 11 is 0. The van der Waals surface area contributed by atoms with Gasteiger partial charge in [0.25, 0.3) is 0 Å². The monoisotopic (exact) mass is 252 g/mol. The van der Waals surface area contributed by atoms with Gasteiger partial charge in [-0.05, 0) is 52.0 Å². The Morgan fingerprint density at radius 2 is 1.94 bits per heavy atom. The standard InChI is InChI=1S/C15H25FN2/c1-3-10-17-11-6-7-12-18(2)13-14-8-4-5-9-15(14)16/h4-5,8-9,17H,3,6-7,10-13H2,1-2H3. The molecule has 1 aromatic rings. The highest BCUT2D eigenvalue weighted by atomic mass is 19.1. The molecule has 0 unspecified atom stereocenters. The van der Waals surface area contributed by atoms with Crippen molar-refractivity contribution >= 4 is 0 Å². The molecule has 18 heavy (non-hydrogen) atoms. The molecule has 1 N–H and O–H groups in total. The number of hydrogen-bond acceptors (Lipinski definition) is 2. The Balaban J connectivity index is 2.14. The van der Waals surface area contributed by atoms with Crippen LogP contribution in [0.15, 0.2) is 24.3 Å². The summed E-state index contributed by atoms with van der Waals surface area (Å²) in [5.41, 5.74) is 0.782. The third-order valence-electron chi connectivity index (χ3n) is 2.97. The van der Waals surface area contributed by atoms with Gasteiger partial charge in [-0.2, -0.15) is 0 Å². The molecule has 0 saturated carbocycles. The zero-order valence-electron chi connectivity index (χ0n) is 11.6. The normalized spacial score (nSPS) is 11.1. The third-order valence-corrected chi connectivity index (χ3v) is 2.97. The summed E-state index contributed by atoms with van der Waals surface area (Å²) in [5, 5.41) is 3.39. The second-order valence-electron chi connectivity index (χ2n) is 4.79. The van der Waals surface area contributed by atoms with Crippen molar-refractivity contribution in [2.75, 3.05) is 26.7 Å². The number of nitrogens with zero attached hydrogens (tertiary/aromatic N) is 1. The first-order valence-electron chi connectivity index (χ1n) is 6.86. The van der Waals surface area contributed by atoms with Crippen LogP contribution in [-0.2, 0) is 6.54 Å². The number of halogens is 1. The van der Waals surface area contributed by atoms with Gasteiger partial charge in [0, 0.05) is 12.1 Å². The number of benzene rings is 1. The molecule has 0 heterocycles. The molecule has 0 aliphatic rings. The predicted molar refractivity (Wildman–Crippen MR) is 75.1 cm³/mol. The van der Waals surface area contributed by atoms with Crippen LogP contribution in [0.5, 0.6) is 0 Å². The van der Waals surface area contributed by atoms with Gasteiger partial charge in [0.15, 0.2) is 0 Å². The molecule has 2 nitrogen and oxygen atoms in total. The van der Waals surface area contributed by atoms with Crippen LogP contribution >= 0.6 is 0 Å². The van der Waals surface area contributed by atoms with E-state index in [1.807, 2.05) is 19.2 Å². The largest absolute Gasteiger partial charge is 0.317 e. The van der Waals surface area contributed by atoms with E-state index in [1.165, 1.54) is 18.9 Å². The van der Waals surface area contributed by atoms with Crippen LogP contribution in [0.1, 0.15) is 31.7 Å². The van der Waals surface area contributed by atoms with Crippen molar-refractivity contribution in [2.24, 2.45) is 0 Å². The number of unbranched alkanes of at least 4 members (excludes halogenated alkanes) is 1. The maximum atomic E-state index is 13.4. The molecule has 0 atom stereocenters. The zero-order chi connectivity index (χ0) is 13.2. The molecule has 0 aromatic heterocycles. The van der Waals surface area contributed by atoms with E-state index in [9.17, 15) is 4.39 Å². The van der Waals surface area contributed by atoms with E-state index in [4.69, 9.17) is 0 Å². The van der Waals surface area contributed by atoms with E-state index >= 15 is 0 Å². The Hall–Kier alpha value is -0.930. The highest BCUT2D eigenvalue weighted by molar-refractivity contribution is 5.16. The van der Waals surface area contributed by atoms with Crippen molar-refractivity contribution < 1.29 is 4.39 Å². The number of hydrogen-bond donors (Lipinski definition) is 1. The lowest BCUT2D eigenvalue weighted by molar-refractivity contribution is 0.312. The summed E-state index contributed by atoms with van der Waals surface area (Å²) < 4.78 is 13.4. The quantitative estimate of drug-likeness (QED) is 0.680. The fourth-order valence-electron chi connectivity index (χ4n) is 1.93. The summed E-state index contributed by atoms with van der Waals surface area (Å²) in [6.07, 6.45) is 3.52. The smallest absolute Gasteiger partial charge is 0.127 e. The van der Waals surface area contributed by atoms with E-state index in [0.717, 1.165) is 31.6 Å². The Bertz CT molecular complexity index is 328. The highest BCUT2D eigenvalue weighted by Crippen LogP contribution is 2.09. The van der Waals surface area contributed by atoms with Gasteiger partial charge >= 0.3 is 0 Å². The molecule has 0 saturated heterocycles. The van der Waals surface area contributed by atoms with Gasteiger partial charge in [0.2, 0.25) is 0 Å². The van der Waals surface area contributed by atoms with Crippen molar-refractivity contribution in [3.8, 4) is 0 Å². The molecule has 0 spiro atoms. The molecule has 0 radical (unpaired) electrons. The van der Waals surface area contributed by atoms with E-state index in [2.05, 4.69) is 17.1 Å². The molecule has 3 heteroatoms. The molecule has 0 aliphatic carbocycles. The average Bonchev–Trinajstić information content (AvgIpc) is 2.36. The number of nitrogens with one attached hydrogen (secondary N) is 1. The maximum absolute atomic E-state index is 13.4. The molecule has 0 amide bonds. The Kier molecular flexibility index (Phi) is 7.62. The van der Waals surface area contributed by atoms with E-state index in [0.29, 0.717) is 6.54 Å². The van der Waals surface area contributed by atoms with E-state index < -0.39 is 0 Å². The van der Waals surface area contributed by atoms with E-state index in [-0.39, 0.29) is 5.82 Å². The first-order chi connectivity index (χ1) is 8.74. The SMILES string of the molecule is CCCNCCCCN(C)Cc1ccccc1F. The van der Waals surface area contributed by atoms with Gasteiger partial charge in [-0.25, -0.2) is 4.39 Å². The minimum Gasteiger partial charge on any atom is -0.317 e. The summed E-state index contributed by atoms with van der Waals surface area (Å²) in [4.78, 5) is 2.18. The van der Waals surface area contributed by atoms with Crippen LogP contribution < -0.4 is 5.32 Å².